The summed E-state index contributed by atoms with van der Waals surface area (Å²) in [5.41, 5.74) is 0. The molecule has 0 saturated heterocycles. The predicted octanol–water partition coefficient (Wildman–Crippen LogP) is 2.35. The minimum atomic E-state index is -4.12. The summed E-state index contributed by atoms with van der Waals surface area (Å²) < 4.78 is 35.5. The first-order chi connectivity index (χ1) is 4.84. The SMILES string of the molecule is CC(O)CCC(C)C(F)(F)F. The number of halogens is 3. The number of hydrogen-bond donors (Lipinski definition) is 1. The highest BCUT2D eigenvalue weighted by Gasteiger charge is 2.35. The average Bonchev–Trinajstić information content (AvgIpc) is 1.80. The van der Waals surface area contributed by atoms with Gasteiger partial charge in [0.15, 0.2) is 0 Å². The normalized spacial score (nSPS) is 18.0. The summed E-state index contributed by atoms with van der Waals surface area (Å²) in [5.74, 6) is -1.31. The molecule has 0 radical (unpaired) electrons. The fourth-order valence-corrected chi connectivity index (χ4v) is 0.655. The maximum atomic E-state index is 11.8. The lowest BCUT2D eigenvalue weighted by Crippen LogP contribution is -2.20. The summed E-state index contributed by atoms with van der Waals surface area (Å²) in [4.78, 5) is 0. The third-order valence-corrected chi connectivity index (χ3v) is 1.58. The van der Waals surface area contributed by atoms with Gasteiger partial charge in [0.1, 0.15) is 0 Å². The highest BCUT2D eigenvalue weighted by molar-refractivity contribution is 4.63. The molecule has 11 heavy (non-hydrogen) atoms. The minimum Gasteiger partial charge on any atom is -0.393 e. The molecule has 0 saturated carbocycles. The number of aliphatic hydroxyl groups excluding tert-OH is 1. The van der Waals surface area contributed by atoms with E-state index in [1.165, 1.54) is 6.92 Å². The first kappa shape index (κ1) is 10.8. The standard InChI is InChI=1S/C7H13F3O/c1-5(7(8,9)10)3-4-6(2)11/h5-6,11H,3-4H2,1-2H3. The highest BCUT2D eigenvalue weighted by Crippen LogP contribution is 2.29. The van der Waals surface area contributed by atoms with Crippen molar-refractivity contribution >= 4 is 0 Å². The molecular weight excluding hydrogens is 157 g/mol. The molecule has 0 aromatic heterocycles. The zero-order valence-electron chi connectivity index (χ0n) is 6.65. The predicted molar refractivity (Wildman–Crippen MR) is 36.1 cm³/mol. The summed E-state index contributed by atoms with van der Waals surface area (Å²) in [5, 5.41) is 8.70. The van der Waals surface area contributed by atoms with Crippen molar-refractivity contribution in [3.63, 3.8) is 0 Å². The molecule has 0 heterocycles. The molecule has 0 bridgehead atoms. The summed E-state index contributed by atoms with van der Waals surface area (Å²) in [6.07, 6.45) is -4.55. The van der Waals surface area contributed by atoms with Crippen LogP contribution in [0.1, 0.15) is 26.7 Å². The smallest absolute Gasteiger partial charge is 0.391 e. The van der Waals surface area contributed by atoms with Gasteiger partial charge >= 0.3 is 6.18 Å². The molecule has 0 rings (SSSR count). The third kappa shape index (κ3) is 5.07. The van der Waals surface area contributed by atoms with E-state index in [2.05, 4.69) is 0 Å². The molecule has 0 aromatic rings. The fraction of sp³-hybridized carbons (Fsp3) is 1.00. The van der Waals surface area contributed by atoms with E-state index in [0.717, 1.165) is 6.92 Å². The molecule has 0 amide bonds. The second-order valence-corrected chi connectivity index (χ2v) is 2.87. The van der Waals surface area contributed by atoms with Crippen LogP contribution in [0.3, 0.4) is 0 Å². The van der Waals surface area contributed by atoms with Crippen LogP contribution in [0.25, 0.3) is 0 Å². The van der Waals surface area contributed by atoms with Gasteiger partial charge in [0.2, 0.25) is 0 Å². The van der Waals surface area contributed by atoms with Crippen LogP contribution < -0.4 is 0 Å². The maximum Gasteiger partial charge on any atom is 0.391 e. The molecule has 1 nitrogen and oxygen atoms in total. The second kappa shape index (κ2) is 3.95. The van der Waals surface area contributed by atoms with Gasteiger partial charge in [-0.25, -0.2) is 0 Å². The van der Waals surface area contributed by atoms with E-state index >= 15 is 0 Å². The largest absolute Gasteiger partial charge is 0.393 e. The van der Waals surface area contributed by atoms with Crippen LogP contribution >= 0.6 is 0 Å². The van der Waals surface area contributed by atoms with E-state index in [1.54, 1.807) is 0 Å². The average molecular weight is 170 g/mol. The number of rotatable bonds is 3. The molecular formula is C7H13F3O. The van der Waals surface area contributed by atoms with E-state index in [9.17, 15) is 13.2 Å². The first-order valence-electron chi connectivity index (χ1n) is 3.59. The zero-order valence-corrected chi connectivity index (χ0v) is 6.65. The molecule has 0 fully saturated rings. The number of alkyl halides is 3. The molecule has 4 heteroatoms. The molecule has 0 spiro atoms. The molecule has 2 unspecified atom stereocenters. The van der Waals surface area contributed by atoms with Gasteiger partial charge in [-0.15, -0.1) is 0 Å². The molecule has 2 atom stereocenters. The summed E-state index contributed by atoms with van der Waals surface area (Å²) in [6.45, 7) is 2.62. The van der Waals surface area contributed by atoms with Gasteiger partial charge in [-0.2, -0.15) is 13.2 Å². The maximum absolute atomic E-state index is 11.8. The monoisotopic (exact) mass is 170 g/mol. The quantitative estimate of drug-likeness (QED) is 0.689. The lowest BCUT2D eigenvalue weighted by atomic mass is 10.0. The molecule has 68 valence electrons. The summed E-state index contributed by atoms with van der Waals surface area (Å²) >= 11 is 0. The van der Waals surface area contributed by atoms with Crippen LogP contribution in [0.5, 0.6) is 0 Å². The molecule has 1 N–H and O–H groups in total. The van der Waals surface area contributed by atoms with E-state index in [4.69, 9.17) is 5.11 Å². The third-order valence-electron chi connectivity index (χ3n) is 1.58. The van der Waals surface area contributed by atoms with Crippen molar-refractivity contribution in [2.75, 3.05) is 0 Å². The van der Waals surface area contributed by atoms with Crippen LogP contribution in [0.15, 0.2) is 0 Å². The highest BCUT2D eigenvalue weighted by atomic mass is 19.4. The Kier molecular flexibility index (Phi) is 3.86. The topological polar surface area (TPSA) is 20.2 Å². The molecule has 0 aliphatic carbocycles. The lowest BCUT2D eigenvalue weighted by Gasteiger charge is -2.15. The van der Waals surface area contributed by atoms with Gasteiger partial charge in [-0.05, 0) is 19.8 Å². The lowest BCUT2D eigenvalue weighted by molar-refractivity contribution is -0.172. The summed E-state index contributed by atoms with van der Waals surface area (Å²) in [7, 11) is 0. The Morgan fingerprint density at radius 3 is 1.91 bits per heavy atom. The van der Waals surface area contributed by atoms with Crippen LogP contribution in [-0.2, 0) is 0 Å². The van der Waals surface area contributed by atoms with E-state index in [1.807, 2.05) is 0 Å². The van der Waals surface area contributed by atoms with Gasteiger partial charge < -0.3 is 5.11 Å². The van der Waals surface area contributed by atoms with Crippen molar-refractivity contribution in [1.82, 2.24) is 0 Å². The Morgan fingerprint density at radius 1 is 1.18 bits per heavy atom. The van der Waals surface area contributed by atoms with Crippen molar-refractivity contribution in [1.29, 1.82) is 0 Å². The Balaban J connectivity index is 3.61. The Labute approximate surface area is 64.2 Å². The zero-order chi connectivity index (χ0) is 9.07. The van der Waals surface area contributed by atoms with Gasteiger partial charge in [-0.3, -0.25) is 0 Å². The van der Waals surface area contributed by atoms with Gasteiger partial charge in [0, 0.05) is 0 Å². The van der Waals surface area contributed by atoms with Gasteiger partial charge in [0.05, 0.1) is 12.0 Å². The first-order valence-corrected chi connectivity index (χ1v) is 3.59. The van der Waals surface area contributed by atoms with E-state index in [-0.39, 0.29) is 12.8 Å². The number of hydrogen-bond acceptors (Lipinski definition) is 1. The molecule has 0 aliphatic heterocycles. The van der Waals surface area contributed by atoms with Crippen molar-refractivity contribution in [2.24, 2.45) is 5.92 Å². The van der Waals surface area contributed by atoms with Crippen molar-refractivity contribution in [2.45, 2.75) is 39.0 Å². The van der Waals surface area contributed by atoms with Gasteiger partial charge in [0.25, 0.3) is 0 Å². The Hall–Kier alpha value is -0.250. The van der Waals surface area contributed by atoms with Crippen LogP contribution in [0, 0.1) is 5.92 Å². The van der Waals surface area contributed by atoms with E-state index in [0.29, 0.717) is 0 Å². The van der Waals surface area contributed by atoms with E-state index < -0.39 is 18.2 Å². The Morgan fingerprint density at radius 2 is 1.64 bits per heavy atom. The van der Waals surface area contributed by atoms with Crippen molar-refractivity contribution < 1.29 is 18.3 Å². The minimum absolute atomic E-state index is 0.00116. The summed E-state index contributed by atoms with van der Waals surface area (Å²) in [6, 6.07) is 0. The Bertz CT molecular complexity index is 109. The van der Waals surface area contributed by atoms with Crippen LogP contribution in [0.2, 0.25) is 0 Å². The van der Waals surface area contributed by atoms with Crippen LogP contribution in [-0.4, -0.2) is 17.4 Å². The van der Waals surface area contributed by atoms with Gasteiger partial charge in [-0.1, -0.05) is 6.92 Å². The fourth-order valence-electron chi connectivity index (χ4n) is 0.655. The molecule has 0 aromatic carbocycles. The van der Waals surface area contributed by atoms with Crippen molar-refractivity contribution in [3.8, 4) is 0 Å². The van der Waals surface area contributed by atoms with Crippen LogP contribution in [0.4, 0.5) is 13.2 Å². The van der Waals surface area contributed by atoms with Crippen molar-refractivity contribution in [3.05, 3.63) is 0 Å². The molecule has 0 aliphatic rings. The number of aliphatic hydroxyl groups is 1. The second-order valence-electron chi connectivity index (χ2n) is 2.87.